The van der Waals surface area contributed by atoms with E-state index in [1.54, 1.807) is 4.57 Å². The van der Waals surface area contributed by atoms with Crippen LogP contribution in [0.5, 0.6) is 0 Å². The van der Waals surface area contributed by atoms with Crippen LogP contribution in [-0.4, -0.2) is 35.2 Å². The van der Waals surface area contributed by atoms with Gasteiger partial charge in [-0.1, -0.05) is 38.5 Å². The van der Waals surface area contributed by atoms with Crippen molar-refractivity contribution in [3.05, 3.63) is 31.7 Å². The minimum Gasteiger partial charge on any atom is -0.322 e. The number of carbonyl (C=O) groups is 1. The van der Waals surface area contributed by atoms with E-state index in [4.69, 9.17) is 0 Å². The second kappa shape index (κ2) is 10.1. The van der Waals surface area contributed by atoms with E-state index >= 15 is 0 Å². The van der Waals surface area contributed by atoms with Crippen LogP contribution >= 0.6 is 11.3 Å². The summed E-state index contributed by atoms with van der Waals surface area (Å²) in [4.78, 5) is 44.2. The monoisotopic (exact) mass is 469 g/mol. The van der Waals surface area contributed by atoms with Crippen LogP contribution in [0.2, 0.25) is 0 Å². The van der Waals surface area contributed by atoms with Gasteiger partial charge in [-0.15, -0.1) is 10.2 Å². The maximum absolute atomic E-state index is 12.6. The molecule has 0 aromatic carbocycles. The molecule has 0 saturated carbocycles. The number of H-pyrrole nitrogens is 1. The molecule has 3 aromatic heterocycles. The number of rotatable bonds is 10. The Balaban J connectivity index is 1.88. The molecule has 13 heteroatoms. The van der Waals surface area contributed by atoms with Crippen molar-refractivity contribution in [1.82, 2.24) is 29.3 Å². The molecule has 0 aliphatic rings. The Kier molecular flexibility index (Phi) is 7.48. The van der Waals surface area contributed by atoms with Gasteiger partial charge in [-0.3, -0.25) is 19.1 Å². The van der Waals surface area contributed by atoms with Crippen LogP contribution in [0.4, 0.5) is 13.9 Å². The van der Waals surface area contributed by atoms with Gasteiger partial charge in [0.1, 0.15) is 5.82 Å². The van der Waals surface area contributed by atoms with Crippen molar-refractivity contribution in [2.24, 2.45) is 5.92 Å². The number of aromatic amines is 1. The Bertz CT molecular complexity index is 1210. The smallest absolute Gasteiger partial charge is 0.322 e. The van der Waals surface area contributed by atoms with E-state index in [1.165, 1.54) is 4.57 Å². The number of halogens is 2. The molecule has 0 aliphatic heterocycles. The van der Waals surface area contributed by atoms with Crippen LogP contribution < -0.4 is 16.6 Å². The molecule has 0 unspecified atom stereocenters. The molecule has 0 radical (unpaired) electrons. The van der Waals surface area contributed by atoms with E-state index in [9.17, 15) is 23.2 Å². The molecule has 0 atom stereocenters. The lowest BCUT2D eigenvalue weighted by Crippen LogP contribution is -2.31. The predicted octanol–water partition coefficient (Wildman–Crippen LogP) is 2.70. The Morgan fingerprint density at radius 3 is 2.59 bits per heavy atom. The van der Waals surface area contributed by atoms with E-state index in [-0.39, 0.29) is 23.9 Å². The zero-order valence-corrected chi connectivity index (χ0v) is 18.8. The molecular formula is C19H25F2N7O3S. The van der Waals surface area contributed by atoms with Crippen LogP contribution in [0.1, 0.15) is 57.3 Å². The van der Waals surface area contributed by atoms with E-state index in [0.29, 0.717) is 41.4 Å². The second-order valence-electron chi connectivity index (χ2n) is 7.76. The number of nitrogens with one attached hydrogen (secondary N) is 2. The maximum Gasteiger partial charge on any atom is 0.330 e. The number of hydrogen-bond acceptors (Lipinski definition) is 7. The molecule has 0 aliphatic carbocycles. The van der Waals surface area contributed by atoms with Gasteiger partial charge in [0.05, 0.1) is 0 Å². The summed E-state index contributed by atoms with van der Waals surface area (Å²) in [5.41, 5.74) is -0.431. The van der Waals surface area contributed by atoms with Gasteiger partial charge < -0.3 is 9.88 Å². The van der Waals surface area contributed by atoms with Gasteiger partial charge in [-0.2, -0.15) is 0 Å². The van der Waals surface area contributed by atoms with E-state index in [2.05, 4.69) is 25.5 Å². The lowest BCUT2D eigenvalue weighted by molar-refractivity contribution is -0.116. The van der Waals surface area contributed by atoms with E-state index in [0.717, 1.165) is 12.8 Å². The van der Waals surface area contributed by atoms with Crippen molar-refractivity contribution >= 4 is 33.5 Å². The maximum atomic E-state index is 12.6. The summed E-state index contributed by atoms with van der Waals surface area (Å²) < 4.78 is 28.5. The Morgan fingerprint density at radius 1 is 1.22 bits per heavy atom. The van der Waals surface area contributed by atoms with Gasteiger partial charge >= 0.3 is 5.69 Å². The fourth-order valence-electron chi connectivity index (χ4n) is 3.27. The molecule has 0 fully saturated rings. The number of nitrogens with zero attached hydrogens (tertiary/aromatic N) is 5. The first-order chi connectivity index (χ1) is 15.2. The van der Waals surface area contributed by atoms with E-state index < -0.39 is 28.6 Å². The number of aromatic nitrogens is 6. The van der Waals surface area contributed by atoms with Gasteiger partial charge in [0, 0.05) is 25.9 Å². The summed E-state index contributed by atoms with van der Waals surface area (Å²) in [6.07, 6.45) is -0.959. The number of unbranched alkanes of at least 4 members (excludes halogenated alkanes) is 1. The van der Waals surface area contributed by atoms with Gasteiger partial charge in [-0.25, -0.2) is 18.6 Å². The molecule has 3 rings (SSSR count). The highest BCUT2D eigenvalue weighted by molar-refractivity contribution is 7.15. The molecular weight excluding hydrogens is 444 g/mol. The Morgan fingerprint density at radius 2 is 1.97 bits per heavy atom. The first-order valence-corrected chi connectivity index (χ1v) is 11.2. The number of fused-ring (bicyclic) bond motifs is 1. The molecule has 2 N–H and O–H groups in total. The van der Waals surface area contributed by atoms with Crippen LogP contribution in [0.25, 0.3) is 11.2 Å². The van der Waals surface area contributed by atoms with Crippen LogP contribution in [-0.2, 0) is 24.3 Å². The normalized spacial score (nSPS) is 11.7. The molecule has 10 nitrogen and oxygen atoms in total. The van der Waals surface area contributed by atoms with E-state index in [1.807, 2.05) is 20.8 Å². The first kappa shape index (κ1) is 23.7. The van der Waals surface area contributed by atoms with Gasteiger partial charge in [0.25, 0.3) is 12.0 Å². The predicted molar refractivity (Wildman–Crippen MR) is 116 cm³/mol. The van der Waals surface area contributed by atoms with Gasteiger partial charge in [0.2, 0.25) is 11.0 Å². The summed E-state index contributed by atoms with van der Waals surface area (Å²) in [6, 6.07) is 0. The van der Waals surface area contributed by atoms with Crippen molar-refractivity contribution in [2.45, 2.75) is 66.0 Å². The number of hydrogen-bond donors (Lipinski definition) is 2. The standard InChI is InChI=1S/C19H25F2N7O3S/c1-4-5-8-27-15-13(16(30)24-19(27)31)28(9-10(2)3)11(22-15)6-7-12(29)23-18-26-25-17(32-18)14(20)21/h10,14H,4-9H2,1-3H3,(H,23,26,29)(H,24,30,31). The van der Waals surface area contributed by atoms with Crippen molar-refractivity contribution in [2.75, 3.05) is 5.32 Å². The van der Waals surface area contributed by atoms with Crippen molar-refractivity contribution < 1.29 is 13.6 Å². The largest absolute Gasteiger partial charge is 0.330 e. The lowest BCUT2D eigenvalue weighted by atomic mass is 10.2. The Hall–Kier alpha value is -2.96. The molecule has 1 amide bonds. The van der Waals surface area contributed by atoms with Crippen molar-refractivity contribution in [3.63, 3.8) is 0 Å². The van der Waals surface area contributed by atoms with Gasteiger partial charge in [0.15, 0.2) is 16.2 Å². The SMILES string of the molecule is CCCCn1c(=O)[nH]c(=O)c2c1nc(CCC(=O)Nc1nnc(C(F)F)s1)n2CC(C)C. The third-order valence-electron chi connectivity index (χ3n) is 4.70. The van der Waals surface area contributed by atoms with Crippen LogP contribution in [0.3, 0.4) is 0 Å². The minimum atomic E-state index is -2.75. The van der Waals surface area contributed by atoms with Crippen molar-refractivity contribution in [3.8, 4) is 0 Å². The van der Waals surface area contributed by atoms with Gasteiger partial charge in [-0.05, 0) is 12.3 Å². The lowest BCUT2D eigenvalue weighted by Gasteiger charge is -2.11. The fourth-order valence-corrected chi connectivity index (χ4v) is 3.89. The quantitative estimate of drug-likeness (QED) is 0.470. The second-order valence-corrected chi connectivity index (χ2v) is 8.77. The number of anilines is 1. The molecule has 174 valence electrons. The Labute approximate surface area is 185 Å². The zero-order chi connectivity index (χ0) is 23.4. The summed E-state index contributed by atoms with van der Waals surface area (Å²) in [5.74, 6) is 0.239. The first-order valence-electron chi connectivity index (χ1n) is 10.3. The summed E-state index contributed by atoms with van der Waals surface area (Å²) in [6.45, 7) is 6.87. The zero-order valence-electron chi connectivity index (χ0n) is 18.0. The fraction of sp³-hybridized carbons (Fsp3) is 0.579. The topological polar surface area (TPSA) is 128 Å². The average molecular weight is 470 g/mol. The number of carbonyl (C=O) groups excluding carboxylic acids is 1. The van der Waals surface area contributed by atoms with Crippen molar-refractivity contribution in [1.29, 1.82) is 0 Å². The highest BCUT2D eigenvalue weighted by Crippen LogP contribution is 2.25. The minimum absolute atomic E-state index is 0.00849. The molecule has 0 saturated heterocycles. The third kappa shape index (κ3) is 5.26. The third-order valence-corrected chi connectivity index (χ3v) is 5.54. The summed E-state index contributed by atoms with van der Waals surface area (Å²) in [5, 5.41) is 8.85. The number of imidazole rings is 1. The summed E-state index contributed by atoms with van der Waals surface area (Å²) in [7, 11) is 0. The molecule has 3 aromatic rings. The van der Waals surface area contributed by atoms with Crippen LogP contribution in [0.15, 0.2) is 9.59 Å². The molecule has 0 bridgehead atoms. The number of aryl methyl sites for hydroxylation is 2. The summed E-state index contributed by atoms with van der Waals surface area (Å²) >= 11 is 0.611. The molecule has 32 heavy (non-hydrogen) atoms. The van der Waals surface area contributed by atoms with Crippen LogP contribution in [0, 0.1) is 5.92 Å². The highest BCUT2D eigenvalue weighted by atomic mass is 32.1. The number of alkyl halides is 2. The average Bonchev–Trinajstić information content (AvgIpc) is 3.31. The highest BCUT2D eigenvalue weighted by Gasteiger charge is 2.20. The molecule has 0 spiro atoms. The molecule has 3 heterocycles. The number of amides is 1.